The van der Waals surface area contributed by atoms with Gasteiger partial charge in [-0.2, -0.15) is 0 Å². The van der Waals surface area contributed by atoms with Crippen LogP contribution in [-0.2, 0) is 14.4 Å². The molecule has 6 nitrogen and oxygen atoms in total. The summed E-state index contributed by atoms with van der Waals surface area (Å²) in [6.07, 6.45) is 5.41. The second-order valence-electron chi connectivity index (χ2n) is 4.85. The van der Waals surface area contributed by atoms with E-state index in [-0.39, 0.29) is 12.8 Å². The average molecular weight is 254 g/mol. The van der Waals surface area contributed by atoms with Crippen LogP contribution in [0.25, 0.3) is 0 Å². The van der Waals surface area contributed by atoms with Gasteiger partial charge in [-0.25, -0.2) is 4.79 Å². The van der Waals surface area contributed by atoms with Gasteiger partial charge in [0.2, 0.25) is 0 Å². The zero-order chi connectivity index (χ0) is 13.0. The van der Waals surface area contributed by atoms with Crippen molar-refractivity contribution in [2.45, 2.75) is 44.9 Å². The lowest BCUT2D eigenvalue weighted by Gasteiger charge is -2.22. The first-order chi connectivity index (χ1) is 8.66. The number of imide groups is 1. The predicted molar refractivity (Wildman–Crippen MR) is 62.1 cm³/mol. The lowest BCUT2D eigenvalue weighted by molar-refractivity contribution is -0.171. The first-order valence-corrected chi connectivity index (χ1v) is 6.48. The standard InChI is InChI=1S/C12H18N2O4/c15-10-6-7-11(16)14(10)18-12(17)13-8-9-4-2-1-3-5-9/h9H,1-8H2,(H,13,17). The van der Waals surface area contributed by atoms with Crippen LogP contribution in [0, 0.1) is 5.92 Å². The van der Waals surface area contributed by atoms with E-state index in [2.05, 4.69) is 5.32 Å². The molecule has 1 N–H and O–H groups in total. The van der Waals surface area contributed by atoms with Crippen molar-refractivity contribution in [2.24, 2.45) is 5.92 Å². The fourth-order valence-corrected chi connectivity index (χ4v) is 2.39. The van der Waals surface area contributed by atoms with Crippen molar-refractivity contribution in [1.29, 1.82) is 0 Å². The molecule has 0 aromatic rings. The van der Waals surface area contributed by atoms with Crippen molar-refractivity contribution in [1.82, 2.24) is 10.4 Å². The maximum absolute atomic E-state index is 11.5. The van der Waals surface area contributed by atoms with Gasteiger partial charge in [-0.05, 0) is 18.8 Å². The number of hydrogen-bond donors (Lipinski definition) is 1. The average Bonchev–Trinajstić information content (AvgIpc) is 2.69. The molecule has 2 rings (SSSR count). The number of hydrogen-bond acceptors (Lipinski definition) is 4. The Morgan fingerprint density at radius 2 is 1.78 bits per heavy atom. The van der Waals surface area contributed by atoms with Crippen LogP contribution in [-0.4, -0.2) is 29.5 Å². The van der Waals surface area contributed by atoms with Crippen LogP contribution in [0.3, 0.4) is 0 Å². The second-order valence-corrected chi connectivity index (χ2v) is 4.85. The summed E-state index contributed by atoms with van der Waals surface area (Å²) in [6, 6.07) is 0. The summed E-state index contributed by atoms with van der Waals surface area (Å²) < 4.78 is 0. The molecule has 6 heteroatoms. The fraction of sp³-hybridized carbons (Fsp3) is 0.750. The van der Waals surface area contributed by atoms with Gasteiger partial charge in [-0.3, -0.25) is 9.59 Å². The molecular formula is C12H18N2O4. The Hall–Kier alpha value is -1.59. The molecule has 1 saturated heterocycles. The van der Waals surface area contributed by atoms with E-state index >= 15 is 0 Å². The van der Waals surface area contributed by atoms with E-state index in [9.17, 15) is 14.4 Å². The minimum Gasteiger partial charge on any atom is -0.319 e. The summed E-state index contributed by atoms with van der Waals surface area (Å²) in [4.78, 5) is 38.6. The van der Waals surface area contributed by atoms with Crippen LogP contribution >= 0.6 is 0 Å². The molecule has 0 radical (unpaired) electrons. The van der Waals surface area contributed by atoms with Crippen LogP contribution in [0.2, 0.25) is 0 Å². The Bertz CT molecular complexity index is 334. The van der Waals surface area contributed by atoms with Gasteiger partial charge in [0.1, 0.15) is 0 Å². The molecule has 3 amide bonds. The Kier molecular flexibility index (Phi) is 4.17. The highest BCUT2D eigenvalue weighted by atomic mass is 16.7. The number of carbonyl (C=O) groups excluding carboxylic acids is 3. The topological polar surface area (TPSA) is 75.7 Å². The van der Waals surface area contributed by atoms with Crippen molar-refractivity contribution in [2.75, 3.05) is 6.54 Å². The molecule has 18 heavy (non-hydrogen) atoms. The molecule has 2 aliphatic rings. The highest BCUT2D eigenvalue weighted by Gasteiger charge is 2.32. The maximum Gasteiger partial charge on any atom is 0.432 e. The summed E-state index contributed by atoms with van der Waals surface area (Å²) in [5, 5.41) is 3.18. The highest BCUT2D eigenvalue weighted by Crippen LogP contribution is 2.22. The summed E-state index contributed by atoms with van der Waals surface area (Å²) >= 11 is 0. The Morgan fingerprint density at radius 3 is 2.39 bits per heavy atom. The largest absolute Gasteiger partial charge is 0.432 e. The molecule has 1 aliphatic heterocycles. The van der Waals surface area contributed by atoms with E-state index in [0.717, 1.165) is 12.8 Å². The molecule has 1 heterocycles. The molecule has 1 saturated carbocycles. The molecule has 0 aromatic heterocycles. The first kappa shape index (κ1) is 12.9. The van der Waals surface area contributed by atoms with Crippen molar-refractivity contribution < 1.29 is 19.2 Å². The first-order valence-electron chi connectivity index (χ1n) is 6.48. The monoisotopic (exact) mass is 254 g/mol. The van der Waals surface area contributed by atoms with Crippen molar-refractivity contribution in [3.05, 3.63) is 0 Å². The molecule has 100 valence electrons. The lowest BCUT2D eigenvalue weighted by Crippen LogP contribution is -2.38. The Balaban J connectivity index is 1.71. The van der Waals surface area contributed by atoms with Crippen molar-refractivity contribution >= 4 is 17.9 Å². The van der Waals surface area contributed by atoms with E-state index in [1.807, 2.05) is 0 Å². The lowest BCUT2D eigenvalue weighted by atomic mass is 9.89. The molecule has 0 bridgehead atoms. The highest BCUT2D eigenvalue weighted by molar-refractivity contribution is 6.01. The zero-order valence-electron chi connectivity index (χ0n) is 10.3. The third kappa shape index (κ3) is 3.21. The predicted octanol–water partition coefficient (Wildman–Crippen LogP) is 1.36. The van der Waals surface area contributed by atoms with Crippen LogP contribution in [0.1, 0.15) is 44.9 Å². The Labute approximate surface area is 106 Å². The van der Waals surface area contributed by atoms with Crippen LogP contribution in [0.4, 0.5) is 4.79 Å². The minimum atomic E-state index is -0.718. The van der Waals surface area contributed by atoms with Crippen LogP contribution in [0.15, 0.2) is 0 Å². The summed E-state index contributed by atoms with van der Waals surface area (Å²) in [6.45, 7) is 0.551. The molecule has 1 aliphatic carbocycles. The summed E-state index contributed by atoms with van der Waals surface area (Å²) in [5.41, 5.74) is 0. The van der Waals surface area contributed by atoms with Crippen molar-refractivity contribution in [3.8, 4) is 0 Å². The Morgan fingerprint density at radius 1 is 1.17 bits per heavy atom. The molecule has 0 atom stereocenters. The third-order valence-electron chi connectivity index (χ3n) is 3.44. The quantitative estimate of drug-likeness (QED) is 0.771. The normalized spacial score (nSPS) is 21.2. The summed E-state index contributed by atoms with van der Waals surface area (Å²) in [7, 11) is 0. The molecular weight excluding hydrogens is 236 g/mol. The van der Waals surface area contributed by atoms with Gasteiger partial charge >= 0.3 is 6.09 Å². The van der Waals surface area contributed by atoms with E-state index in [1.54, 1.807) is 0 Å². The smallest absolute Gasteiger partial charge is 0.319 e. The van der Waals surface area contributed by atoms with Gasteiger partial charge in [0.05, 0.1) is 0 Å². The third-order valence-corrected chi connectivity index (χ3v) is 3.44. The van der Waals surface area contributed by atoms with Gasteiger partial charge in [0, 0.05) is 19.4 Å². The fourth-order valence-electron chi connectivity index (χ4n) is 2.39. The van der Waals surface area contributed by atoms with Gasteiger partial charge in [0.25, 0.3) is 11.8 Å². The van der Waals surface area contributed by atoms with Crippen molar-refractivity contribution in [3.63, 3.8) is 0 Å². The summed E-state index contributed by atoms with van der Waals surface area (Å²) in [5.74, 6) is -0.420. The minimum absolute atomic E-state index is 0.120. The molecule has 2 fully saturated rings. The van der Waals surface area contributed by atoms with Crippen LogP contribution < -0.4 is 5.32 Å². The number of amides is 3. The zero-order valence-corrected chi connectivity index (χ0v) is 10.3. The number of nitrogens with one attached hydrogen (secondary N) is 1. The van der Waals surface area contributed by atoms with E-state index in [0.29, 0.717) is 17.5 Å². The number of hydroxylamine groups is 2. The van der Waals surface area contributed by atoms with Gasteiger partial charge in [-0.1, -0.05) is 19.3 Å². The van der Waals surface area contributed by atoms with E-state index in [1.165, 1.54) is 19.3 Å². The van der Waals surface area contributed by atoms with E-state index < -0.39 is 17.9 Å². The van der Waals surface area contributed by atoms with Gasteiger partial charge in [-0.15, -0.1) is 5.06 Å². The van der Waals surface area contributed by atoms with Crippen LogP contribution in [0.5, 0.6) is 0 Å². The second kappa shape index (κ2) is 5.84. The number of nitrogens with zero attached hydrogens (tertiary/aromatic N) is 1. The number of carbonyl (C=O) groups is 3. The number of rotatable bonds is 3. The van der Waals surface area contributed by atoms with Gasteiger partial charge < -0.3 is 10.2 Å². The molecule has 0 unspecified atom stereocenters. The van der Waals surface area contributed by atoms with Gasteiger partial charge in [0.15, 0.2) is 0 Å². The maximum atomic E-state index is 11.5. The van der Waals surface area contributed by atoms with E-state index in [4.69, 9.17) is 4.84 Å². The molecule has 0 aromatic carbocycles. The SMILES string of the molecule is O=C(NCC1CCCCC1)ON1C(=O)CCC1=O. The molecule has 0 spiro atoms.